The van der Waals surface area contributed by atoms with Crippen molar-refractivity contribution >= 4 is 28.9 Å². The lowest BCUT2D eigenvalue weighted by atomic mass is 9.75. The molecule has 0 saturated carbocycles. The average molecular weight is 366 g/mol. The molecule has 0 aromatic carbocycles. The maximum Gasteiger partial charge on any atom is 0.287 e. The van der Waals surface area contributed by atoms with Gasteiger partial charge in [-0.2, -0.15) is 5.10 Å². The molecule has 1 amide bonds. The van der Waals surface area contributed by atoms with Crippen molar-refractivity contribution in [2.75, 3.05) is 13.7 Å². The van der Waals surface area contributed by atoms with Gasteiger partial charge >= 0.3 is 0 Å². The van der Waals surface area contributed by atoms with Gasteiger partial charge in [0.25, 0.3) is 5.91 Å². The number of rotatable bonds is 5. The molecular formula is C17H26N4O3S. The van der Waals surface area contributed by atoms with Gasteiger partial charge in [-0.1, -0.05) is 13.8 Å². The van der Waals surface area contributed by atoms with Gasteiger partial charge in [-0.15, -0.1) is 0 Å². The Labute approximate surface area is 153 Å². The van der Waals surface area contributed by atoms with Crippen molar-refractivity contribution in [1.82, 2.24) is 10.7 Å². The van der Waals surface area contributed by atoms with Gasteiger partial charge in [0, 0.05) is 30.7 Å². The fraction of sp³-hybridized carbons (Fsp3) is 0.588. The van der Waals surface area contributed by atoms with Gasteiger partial charge < -0.3 is 20.2 Å². The molecule has 1 atom stereocenters. The normalized spacial score (nSPS) is 18.5. The lowest BCUT2D eigenvalue weighted by molar-refractivity contribution is 0.0874. The van der Waals surface area contributed by atoms with Crippen LogP contribution in [0.5, 0.6) is 0 Å². The van der Waals surface area contributed by atoms with Crippen LogP contribution in [-0.2, 0) is 11.2 Å². The van der Waals surface area contributed by atoms with Crippen LogP contribution in [0.25, 0.3) is 0 Å². The van der Waals surface area contributed by atoms with Crippen molar-refractivity contribution in [3.63, 3.8) is 0 Å². The predicted molar refractivity (Wildman–Crippen MR) is 101 cm³/mol. The summed E-state index contributed by atoms with van der Waals surface area (Å²) in [5.74, 6) is 0.825. The second kappa shape index (κ2) is 7.53. The van der Waals surface area contributed by atoms with E-state index in [1.807, 2.05) is 13.8 Å². The number of fused-ring (bicyclic) bond motifs is 1. The Morgan fingerprint density at radius 3 is 2.76 bits per heavy atom. The molecule has 2 rings (SSSR count). The maximum absolute atomic E-state index is 12.5. The summed E-state index contributed by atoms with van der Waals surface area (Å²) < 4.78 is 11.0. The smallest absolute Gasteiger partial charge is 0.287 e. The molecule has 1 aromatic rings. The standard InChI is InChI=1S/C17H26N4O3S/c1-9(8-23-5)19-15(22)14-10(2)13-11(20-21-16(18)25)6-17(3,4)7-12(13)24-14/h9H,6-8H2,1-5H3,(H,19,22)(H3,18,21,25)/b20-11-. The van der Waals surface area contributed by atoms with Crippen LogP contribution in [0.3, 0.4) is 0 Å². The Kier molecular flexibility index (Phi) is 5.84. The molecule has 0 aliphatic heterocycles. The topological polar surface area (TPSA) is 102 Å². The zero-order valence-electron chi connectivity index (χ0n) is 15.4. The highest BCUT2D eigenvalue weighted by Crippen LogP contribution is 2.38. The van der Waals surface area contributed by atoms with Crippen LogP contribution in [0.4, 0.5) is 0 Å². The van der Waals surface area contributed by atoms with Crippen LogP contribution in [0.2, 0.25) is 0 Å². The Bertz CT molecular complexity index is 709. The van der Waals surface area contributed by atoms with Crippen molar-refractivity contribution in [1.29, 1.82) is 0 Å². The summed E-state index contributed by atoms with van der Waals surface area (Å²) in [6.45, 7) is 8.44. The molecule has 4 N–H and O–H groups in total. The Hall–Kier alpha value is -1.93. The number of amides is 1. The predicted octanol–water partition coefficient (Wildman–Crippen LogP) is 1.86. The lowest BCUT2D eigenvalue weighted by Crippen LogP contribution is -2.35. The highest BCUT2D eigenvalue weighted by Gasteiger charge is 2.36. The highest BCUT2D eigenvalue weighted by atomic mass is 32.1. The SMILES string of the molecule is COCC(C)NC(=O)c1oc2c(c1C)/C(=N\NC(N)=S)CC(C)(C)C2. The van der Waals surface area contributed by atoms with Crippen molar-refractivity contribution in [3.05, 3.63) is 22.6 Å². The molecule has 0 radical (unpaired) electrons. The summed E-state index contributed by atoms with van der Waals surface area (Å²) in [4.78, 5) is 12.5. The highest BCUT2D eigenvalue weighted by molar-refractivity contribution is 7.80. The number of carbonyl (C=O) groups excluding carboxylic acids is 1. The molecule has 0 bridgehead atoms. The maximum atomic E-state index is 12.5. The van der Waals surface area contributed by atoms with Crippen LogP contribution >= 0.6 is 12.2 Å². The minimum Gasteiger partial charge on any atom is -0.455 e. The Balaban J connectivity index is 2.38. The summed E-state index contributed by atoms with van der Waals surface area (Å²) >= 11 is 4.83. The van der Waals surface area contributed by atoms with Crippen LogP contribution in [0.1, 0.15) is 54.6 Å². The molecule has 138 valence electrons. The third-order valence-corrected chi connectivity index (χ3v) is 4.19. The van der Waals surface area contributed by atoms with Crippen LogP contribution < -0.4 is 16.5 Å². The minimum absolute atomic E-state index is 0.0366. The molecule has 0 spiro atoms. The summed E-state index contributed by atoms with van der Waals surface area (Å²) in [5.41, 5.74) is 10.5. The number of nitrogens with zero attached hydrogens (tertiary/aromatic N) is 1. The number of hydrazone groups is 1. The number of furan rings is 1. The first-order valence-corrected chi connectivity index (χ1v) is 8.60. The van der Waals surface area contributed by atoms with Crippen LogP contribution in [0, 0.1) is 12.3 Å². The number of hydrogen-bond donors (Lipinski definition) is 3. The first kappa shape index (κ1) is 19.4. The van der Waals surface area contributed by atoms with E-state index >= 15 is 0 Å². The number of nitrogens with two attached hydrogens (primary N) is 1. The van der Waals surface area contributed by atoms with E-state index in [-0.39, 0.29) is 22.5 Å². The zero-order chi connectivity index (χ0) is 18.8. The monoisotopic (exact) mass is 366 g/mol. The third-order valence-electron chi connectivity index (χ3n) is 4.09. The minimum atomic E-state index is -0.254. The molecule has 1 aliphatic rings. The first-order chi connectivity index (χ1) is 11.6. The first-order valence-electron chi connectivity index (χ1n) is 8.19. The number of ether oxygens (including phenoxy) is 1. The van der Waals surface area contributed by atoms with E-state index in [0.717, 1.165) is 35.4 Å². The van der Waals surface area contributed by atoms with E-state index in [2.05, 4.69) is 29.7 Å². The molecule has 0 fully saturated rings. The molecule has 1 aromatic heterocycles. The van der Waals surface area contributed by atoms with E-state index < -0.39 is 0 Å². The van der Waals surface area contributed by atoms with Gasteiger partial charge in [-0.25, -0.2) is 0 Å². The van der Waals surface area contributed by atoms with Crippen molar-refractivity contribution in [2.45, 2.75) is 46.6 Å². The molecule has 1 unspecified atom stereocenters. The van der Waals surface area contributed by atoms with Gasteiger partial charge in [0.05, 0.1) is 12.3 Å². The lowest BCUT2D eigenvalue weighted by Gasteiger charge is -2.29. The molecule has 1 heterocycles. The van der Waals surface area contributed by atoms with E-state index in [4.69, 9.17) is 27.1 Å². The summed E-state index contributed by atoms with van der Waals surface area (Å²) in [7, 11) is 1.60. The van der Waals surface area contributed by atoms with E-state index in [1.165, 1.54) is 0 Å². The fourth-order valence-electron chi connectivity index (χ4n) is 3.13. The fourth-order valence-corrected chi connectivity index (χ4v) is 3.18. The summed E-state index contributed by atoms with van der Waals surface area (Å²) in [5, 5.41) is 7.31. The van der Waals surface area contributed by atoms with Crippen molar-refractivity contribution < 1.29 is 13.9 Å². The average Bonchev–Trinajstić information content (AvgIpc) is 2.80. The summed E-state index contributed by atoms with van der Waals surface area (Å²) in [6.07, 6.45) is 1.47. The van der Waals surface area contributed by atoms with Crippen molar-refractivity contribution in [2.24, 2.45) is 16.3 Å². The molecule has 7 nitrogen and oxygen atoms in total. The van der Waals surface area contributed by atoms with Crippen LogP contribution in [0.15, 0.2) is 9.52 Å². The van der Waals surface area contributed by atoms with E-state index in [1.54, 1.807) is 7.11 Å². The molecule has 0 saturated heterocycles. The van der Waals surface area contributed by atoms with Gasteiger partial charge in [0.2, 0.25) is 0 Å². The van der Waals surface area contributed by atoms with E-state index in [9.17, 15) is 4.79 Å². The number of nitrogens with one attached hydrogen (secondary N) is 2. The van der Waals surface area contributed by atoms with Crippen LogP contribution in [-0.4, -0.2) is 36.5 Å². The number of hydrogen-bond acceptors (Lipinski definition) is 5. The van der Waals surface area contributed by atoms with Gasteiger partial charge in [0.1, 0.15) is 5.76 Å². The third kappa shape index (κ3) is 4.58. The number of carbonyl (C=O) groups is 1. The second-order valence-electron chi connectivity index (χ2n) is 7.24. The van der Waals surface area contributed by atoms with Crippen molar-refractivity contribution in [3.8, 4) is 0 Å². The zero-order valence-corrected chi connectivity index (χ0v) is 16.2. The number of thiocarbonyl (C=S) groups is 1. The Morgan fingerprint density at radius 2 is 2.16 bits per heavy atom. The largest absolute Gasteiger partial charge is 0.455 e. The summed E-state index contributed by atoms with van der Waals surface area (Å²) in [6, 6.07) is -0.111. The molecule has 1 aliphatic carbocycles. The van der Waals surface area contributed by atoms with E-state index in [0.29, 0.717) is 12.4 Å². The van der Waals surface area contributed by atoms with Gasteiger partial charge in [-0.05, 0) is 37.9 Å². The molecule has 8 heteroatoms. The van der Waals surface area contributed by atoms with Gasteiger partial charge in [-0.3, -0.25) is 10.2 Å². The van der Waals surface area contributed by atoms with Gasteiger partial charge in [0.15, 0.2) is 10.9 Å². The quantitative estimate of drug-likeness (QED) is 0.543. The molecule has 25 heavy (non-hydrogen) atoms. The second-order valence-corrected chi connectivity index (χ2v) is 7.68. The molecular weight excluding hydrogens is 340 g/mol. The Morgan fingerprint density at radius 1 is 1.48 bits per heavy atom. The number of methoxy groups -OCH3 is 1.